The van der Waals surface area contributed by atoms with Crippen molar-refractivity contribution in [3.63, 3.8) is 0 Å². The molecule has 0 saturated carbocycles. The smallest absolute Gasteiger partial charge is 0.259 e. The van der Waals surface area contributed by atoms with Gasteiger partial charge in [-0.3, -0.25) is 0 Å². The van der Waals surface area contributed by atoms with Crippen LogP contribution in [0.15, 0.2) is 24.3 Å². The molecule has 0 fully saturated rings. The average Bonchev–Trinajstić information content (AvgIpc) is 2.74. The van der Waals surface area contributed by atoms with Gasteiger partial charge >= 0.3 is 0 Å². The third-order valence-electron chi connectivity index (χ3n) is 4.02. The van der Waals surface area contributed by atoms with Crippen molar-refractivity contribution in [2.75, 3.05) is 27.0 Å². The third-order valence-corrected chi connectivity index (χ3v) is 7.47. The molecule has 0 heterocycles. The number of hydrogen-bond acceptors (Lipinski definition) is 6. The summed E-state index contributed by atoms with van der Waals surface area (Å²) >= 11 is 0. The molecule has 6 nitrogen and oxygen atoms in total. The highest BCUT2D eigenvalue weighted by Gasteiger charge is 2.27. The van der Waals surface area contributed by atoms with Gasteiger partial charge in [-0.2, -0.15) is 5.26 Å². The zero-order valence-corrected chi connectivity index (χ0v) is 21.7. The van der Waals surface area contributed by atoms with Crippen molar-refractivity contribution < 1.29 is 18.1 Å². The van der Waals surface area contributed by atoms with Gasteiger partial charge in [0.05, 0.1) is 25.7 Å². The Kier molecular flexibility index (Phi) is 17.6. The van der Waals surface area contributed by atoms with E-state index in [2.05, 4.69) is 62.7 Å². The maximum absolute atomic E-state index is 8.79. The molecule has 1 aromatic carbocycles. The predicted molar refractivity (Wildman–Crippen MR) is 127 cm³/mol. The van der Waals surface area contributed by atoms with Crippen molar-refractivity contribution in [3.8, 4) is 6.07 Å². The number of rotatable bonds is 14. The van der Waals surface area contributed by atoms with Gasteiger partial charge in [-0.1, -0.05) is 38.1 Å². The molecule has 1 aromatic rings. The standard InChI is InChI=1S/C20H34N2O4P2.C2H6/c1-17(2)22(18(3)4)28(25-14-7-13-21)26-16-20-10-8-19(9-11-20)12-15-27(23-5)24-6;1-2/h8-11,17-18H,7,12,14-16H2,1-6H3;1-2H3. The molecule has 8 heteroatoms. The van der Waals surface area contributed by atoms with E-state index in [1.54, 1.807) is 14.2 Å². The minimum Gasteiger partial charge on any atom is -0.337 e. The zero-order chi connectivity index (χ0) is 22.9. The van der Waals surface area contributed by atoms with Crippen molar-refractivity contribution in [2.45, 2.75) is 73.1 Å². The van der Waals surface area contributed by atoms with Crippen LogP contribution in [0.3, 0.4) is 0 Å². The lowest BCUT2D eigenvalue weighted by Crippen LogP contribution is -2.33. The fourth-order valence-corrected chi connectivity index (χ4v) is 5.28. The van der Waals surface area contributed by atoms with E-state index in [1.807, 2.05) is 13.8 Å². The molecule has 30 heavy (non-hydrogen) atoms. The van der Waals surface area contributed by atoms with Crippen LogP contribution in [0.5, 0.6) is 0 Å². The molecule has 0 aliphatic carbocycles. The molecular weight excluding hydrogens is 418 g/mol. The molecule has 1 unspecified atom stereocenters. The molecule has 0 aliphatic rings. The van der Waals surface area contributed by atoms with Gasteiger partial charge in [-0.25, -0.2) is 4.67 Å². The van der Waals surface area contributed by atoms with Gasteiger partial charge in [0.25, 0.3) is 8.53 Å². The van der Waals surface area contributed by atoms with Gasteiger partial charge in [-0.05, 0) is 45.2 Å². The first kappa shape index (κ1) is 29.4. The summed E-state index contributed by atoms with van der Waals surface area (Å²) < 4.78 is 24.9. The summed E-state index contributed by atoms with van der Waals surface area (Å²) in [4.78, 5) is 0. The van der Waals surface area contributed by atoms with E-state index in [-0.39, 0.29) is 0 Å². The summed E-state index contributed by atoms with van der Waals surface area (Å²) in [5.41, 5.74) is 2.36. The Morgan fingerprint density at radius 2 is 1.47 bits per heavy atom. The van der Waals surface area contributed by atoms with Crippen molar-refractivity contribution in [1.29, 1.82) is 5.26 Å². The van der Waals surface area contributed by atoms with Gasteiger partial charge in [-0.15, -0.1) is 0 Å². The van der Waals surface area contributed by atoms with Crippen LogP contribution in [0.25, 0.3) is 0 Å². The normalized spacial score (nSPS) is 12.2. The molecular formula is C22H40N2O4P2. The van der Waals surface area contributed by atoms with E-state index in [0.29, 0.717) is 31.7 Å². The molecule has 0 amide bonds. The molecule has 0 aromatic heterocycles. The van der Waals surface area contributed by atoms with Crippen LogP contribution < -0.4 is 0 Å². The van der Waals surface area contributed by atoms with Crippen LogP contribution in [0, 0.1) is 11.3 Å². The van der Waals surface area contributed by atoms with Crippen LogP contribution in [-0.4, -0.2) is 43.7 Å². The second-order valence-corrected chi connectivity index (χ2v) is 10.1. The molecule has 0 aliphatic heterocycles. The van der Waals surface area contributed by atoms with Gasteiger partial charge in [0.1, 0.15) is 0 Å². The monoisotopic (exact) mass is 458 g/mol. The lowest BCUT2D eigenvalue weighted by molar-refractivity contribution is 0.171. The molecule has 1 rings (SSSR count). The van der Waals surface area contributed by atoms with E-state index in [0.717, 1.165) is 18.1 Å². The molecule has 0 bridgehead atoms. The zero-order valence-electron chi connectivity index (χ0n) is 19.9. The molecule has 0 saturated heterocycles. The summed E-state index contributed by atoms with van der Waals surface area (Å²) in [6.45, 7) is 13.4. The summed E-state index contributed by atoms with van der Waals surface area (Å²) in [5.74, 6) is 0. The lowest BCUT2D eigenvalue weighted by Gasteiger charge is -2.35. The molecule has 0 spiro atoms. The van der Waals surface area contributed by atoms with Crippen LogP contribution in [0.1, 0.15) is 59.1 Å². The Morgan fingerprint density at radius 1 is 0.933 bits per heavy atom. The summed E-state index contributed by atoms with van der Waals surface area (Å²) in [6, 6.07) is 11.2. The number of benzene rings is 1. The SMILES string of the molecule is CC.COP(CCc1ccc(COP(OCCC#N)N(C(C)C)C(C)C)cc1)OC. The van der Waals surface area contributed by atoms with Crippen molar-refractivity contribution in [1.82, 2.24) is 4.67 Å². The van der Waals surface area contributed by atoms with E-state index in [9.17, 15) is 0 Å². The molecule has 0 radical (unpaired) electrons. The second-order valence-electron chi connectivity index (χ2n) is 6.81. The van der Waals surface area contributed by atoms with Crippen molar-refractivity contribution in [2.24, 2.45) is 0 Å². The first-order valence-electron chi connectivity index (χ1n) is 10.6. The fraction of sp³-hybridized carbons (Fsp3) is 0.682. The Balaban J connectivity index is 0.00000407. The van der Waals surface area contributed by atoms with E-state index < -0.39 is 16.9 Å². The van der Waals surface area contributed by atoms with Crippen LogP contribution in [0.4, 0.5) is 0 Å². The Labute approximate surface area is 186 Å². The Bertz CT molecular complexity index is 567. The highest BCUT2D eigenvalue weighted by molar-refractivity contribution is 7.47. The van der Waals surface area contributed by atoms with Gasteiger partial charge in [0.2, 0.25) is 0 Å². The summed E-state index contributed by atoms with van der Waals surface area (Å²) in [6.07, 6.45) is 2.17. The Morgan fingerprint density at radius 3 is 1.93 bits per heavy atom. The van der Waals surface area contributed by atoms with Gasteiger partial charge < -0.3 is 18.1 Å². The minimum atomic E-state index is -1.21. The minimum absolute atomic E-state index is 0.298. The number of hydrogen-bond donors (Lipinski definition) is 0. The van der Waals surface area contributed by atoms with E-state index >= 15 is 0 Å². The van der Waals surface area contributed by atoms with Crippen molar-refractivity contribution >= 4 is 16.9 Å². The highest BCUT2D eigenvalue weighted by atomic mass is 31.2. The topological polar surface area (TPSA) is 64.0 Å². The van der Waals surface area contributed by atoms with Crippen LogP contribution in [-0.2, 0) is 31.1 Å². The Hall–Kier alpha value is -0.630. The molecule has 0 N–H and O–H groups in total. The molecule has 1 atom stereocenters. The summed E-state index contributed by atoms with van der Waals surface area (Å²) in [5, 5.41) is 8.79. The van der Waals surface area contributed by atoms with Crippen molar-refractivity contribution in [3.05, 3.63) is 35.4 Å². The second kappa shape index (κ2) is 18.0. The van der Waals surface area contributed by atoms with E-state index in [4.69, 9.17) is 23.4 Å². The first-order chi connectivity index (χ1) is 14.4. The number of aryl methyl sites for hydroxylation is 1. The largest absolute Gasteiger partial charge is 0.337 e. The fourth-order valence-electron chi connectivity index (χ4n) is 2.72. The third kappa shape index (κ3) is 11.7. The highest BCUT2D eigenvalue weighted by Crippen LogP contribution is 2.46. The summed E-state index contributed by atoms with van der Waals surface area (Å²) in [7, 11) is 1.36. The lowest BCUT2D eigenvalue weighted by atomic mass is 10.1. The predicted octanol–water partition coefficient (Wildman–Crippen LogP) is 6.65. The van der Waals surface area contributed by atoms with E-state index in [1.165, 1.54) is 5.56 Å². The number of nitriles is 1. The van der Waals surface area contributed by atoms with Gasteiger partial charge in [0, 0.05) is 32.5 Å². The maximum atomic E-state index is 8.79. The first-order valence-corrected chi connectivity index (χ1v) is 13.1. The maximum Gasteiger partial charge on any atom is 0.259 e. The van der Waals surface area contributed by atoms with Crippen LogP contribution >= 0.6 is 16.9 Å². The quantitative estimate of drug-likeness (QED) is 0.230. The number of nitrogens with zero attached hydrogens (tertiary/aromatic N) is 2. The molecule has 172 valence electrons. The van der Waals surface area contributed by atoms with Crippen LogP contribution in [0.2, 0.25) is 0 Å². The van der Waals surface area contributed by atoms with Gasteiger partial charge in [0.15, 0.2) is 8.38 Å². The average molecular weight is 459 g/mol.